The van der Waals surface area contributed by atoms with E-state index in [1.165, 1.54) is 4.88 Å². The lowest BCUT2D eigenvalue weighted by Gasteiger charge is -2.41. The van der Waals surface area contributed by atoms with Crippen LogP contribution in [-0.4, -0.2) is 48.7 Å². The molecule has 5 nitrogen and oxygen atoms in total. The molecule has 1 saturated heterocycles. The fourth-order valence-corrected chi connectivity index (χ4v) is 3.85. The van der Waals surface area contributed by atoms with E-state index in [4.69, 9.17) is 10.5 Å². The van der Waals surface area contributed by atoms with Crippen LogP contribution < -0.4 is 11.1 Å². The van der Waals surface area contributed by atoms with Crippen molar-refractivity contribution in [3.63, 3.8) is 0 Å². The number of amides is 1. The first kappa shape index (κ1) is 15.0. The van der Waals surface area contributed by atoms with Crippen LogP contribution in [0.1, 0.15) is 30.7 Å². The topological polar surface area (TPSA) is 67.6 Å². The molecule has 3 N–H and O–H groups in total. The monoisotopic (exact) mass is 309 g/mol. The summed E-state index contributed by atoms with van der Waals surface area (Å²) in [7, 11) is 0. The van der Waals surface area contributed by atoms with Gasteiger partial charge in [0, 0.05) is 23.5 Å². The Morgan fingerprint density at radius 3 is 3.00 bits per heavy atom. The molecule has 3 atom stereocenters. The van der Waals surface area contributed by atoms with Crippen molar-refractivity contribution in [1.29, 1.82) is 0 Å². The number of nitrogens with zero attached hydrogens (tertiary/aromatic N) is 1. The Bertz CT molecular complexity index is 473. The van der Waals surface area contributed by atoms with E-state index in [2.05, 4.69) is 21.7 Å². The van der Waals surface area contributed by atoms with Gasteiger partial charge in [0.1, 0.15) is 6.04 Å². The predicted molar refractivity (Wildman–Crippen MR) is 83.2 cm³/mol. The third kappa shape index (κ3) is 3.45. The first-order chi connectivity index (χ1) is 10.2. The molecule has 0 aromatic carbocycles. The lowest BCUT2D eigenvalue weighted by Crippen LogP contribution is -2.57. The maximum Gasteiger partial charge on any atom is 0.239 e. The van der Waals surface area contributed by atoms with Crippen LogP contribution in [0.15, 0.2) is 17.5 Å². The second kappa shape index (κ2) is 6.44. The summed E-state index contributed by atoms with van der Waals surface area (Å²) in [5.74, 6) is 0.0828. The zero-order valence-corrected chi connectivity index (χ0v) is 13.1. The third-order valence-electron chi connectivity index (χ3n) is 4.09. The lowest BCUT2D eigenvalue weighted by molar-refractivity contribution is -0.135. The molecule has 1 aliphatic heterocycles. The third-order valence-corrected chi connectivity index (χ3v) is 5.03. The van der Waals surface area contributed by atoms with E-state index in [1.807, 2.05) is 13.0 Å². The van der Waals surface area contributed by atoms with Gasteiger partial charge in [-0.05, 0) is 31.2 Å². The first-order valence-corrected chi connectivity index (χ1v) is 8.47. The molecular weight excluding hydrogens is 286 g/mol. The molecule has 116 valence electrons. The maximum atomic E-state index is 12.5. The molecule has 1 aromatic heterocycles. The number of thiophene rings is 1. The standard InChI is InChI=1S/C15H23N3O2S/c1-10(16)14(13-3-2-8-21-13)18-6-7-20-9-12(18)15(19)17-11-4-5-11/h2-3,8,10-12,14H,4-7,9,16H2,1H3,(H,17,19). The van der Waals surface area contributed by atoms with Gasteiger partial charge in [-0.1, -0.05) is 6.07 Å². The smallest absolute Gasteiger partial charge is 0.239 e. The van der Waals surface area contributed by atoms with Crippen LogP contribution in [0.2, 0.25) is 0 Å². The minimum atomic E-state index is -0.238. The highest BCUT2D eigenvalue weighted by molar-refractivity contribution is 7.10. The summed E-state index contributed by atoms with van der Waals surface area (Å²) in [5.41, 5.74) is 6.23. The molecule has 3 rings (SSSR count). The number of morpholine rings is 1. The van der Waals surface area contributed by atoms with E-state index in [0.717, 1.165) is 19.4 Å². The molecule has 1 aromatic rings. The Morgan fingerprint density at radius 1 is 1.57 bits per heavy atom. The van der Waals surface area contributed by atoms with Crippen LogP contribution in [0.3, 0.4) is 0 Å². The van der Waals surface area contributed by atoms with E-state index >= 15 is 0 Å². The van der Waals surface area contributed by atoms with Crippen molar-refractivity contribution in [2.75, 3.05) is 19.8 Å². The average Bonchev–Trinajstić information content (AvgIpc) is 3.12. The zero-order chi connectivity index (χ0) is 14.8. The van der Waals surface area contributed by atoms with Crippen LogP contribution in [0.4, 0.5) is 0 Å². The Balaban J connectivity index is 1.79. The number of carbonyl (C=O) groups excluding carboxylic acids is 1. The summed E-state index contributed by atoms with van der Waals surface area (Å²) in [5, 5.41) is 5.15. The molecule has 21 heavy (non-hydrogen) atoms. The largest absolute Gasteiger partial charge is 0.378 e. The van der Waals surface area contributed by atoms with Gasteiger partial charge in [-0.3, -0.25) is 9.69 Å². The maximum absolute atomic E-state index is 12.5. The number of carbonyl (C=O) groups is 1. The van der Waals surface area contributed by atoms with Crippen molar-refractivity contribution in [3.05, 3.63) is 22.4 Å². The van der Waals surface area contributed by atoms with Crippen LogP contribution in [0, 0.1) is 0 Å². The molecule has 6 heteroatoms. The van der Waals surface area contributed by atoms with Gasteiger partial charge in [0.15, 0.2) is 0 Å². The highest BCUT2D eigenvalue weighted by atomic mass is 32.1. The van der Waals surface area contributed by atoms with Crippen LogP contribution >= 0.6 is 11.3 Å². The number of hydrogen-bond donors (Lipinski definition) is 2. The molecule has 1 amide bonds. The SMILES string of the molecule is CC(N)C(c1cccs1)N1CCOCC1C(=O)NC1CC1. The second-order valence-corrected chi connectivity index (χ2v) is 6.91. The van der Waals surface area contributed by atoms with E-state index in [1.54, 1.807) is 11.3 Å². The number of rotatable bonds is 5. The Morgan fingerprint density at radius 2 is 2.38 bits per heavy atom. The Labute approximate surface area is 129 Å². The fraction of sp³-hybridized carbons (Fsp3) is 0.667. The molecule has 3 unspecified atom stereocenters. The Kier molecular flexibility index (Phi) is 4.59. The van der Waals surface area contributed by atoms with Gasteiger partial charge in [0.2, 0.25) is 5.91 Å². The first-order valence-electron chi connectivity index (χ1n) is 7.59. The molecule has 0 bridgehead atoms. The second-order valence-electron chi connectivity index (χ2n) is 5.93. The minimum absolute atomic E-state index is 0.0297. The minimum Gasteiger partial charge on any atom is -0.378 e. The molecule has 1 saturated carbocycles. The van der Waals surface area contributed by atoms with Gasteiger partial charge in [-0.2, -0.15) is 0 Å². The van der Waals surface area contributed by atoms with Crippen molar-refractivity contribution in [1.82, 2.24) is 10.2 Å². The molecule has 2 heterocycles. The number of hydrogen-bond acceptors (Lipinski definition) is 5. The predicted octanol–water partition coefficient (Wildman–Crippen LogP) is 1.12. The summed E-state index contributed by atoms with van der Waals surface area (Å²) in [6, 6.07) is 4.31. The van der Waals surface area contributed by atoms with Gasteiger partial charge in [-0.15, -0.1) is 11.3 Å². The molecule has 2 aliphatic rings. The number of ether oxygens (including phenoxy) is 1. The van der Waals surface area contributed by atoms with Gasteiger partial charge in [0.05, 0.1) is 19.3 Å². The molecule has 0 spiro atoms. The number of nitrogens with two attached hydrogens (primary N) is 1. The van der Waals surface area contributed by atoms with Crippen molar-refractivity contribution in [3.8, 4) is 0 Å². The van der Waals surface area contributed by atoms with Crippen molar-refractivity contribution >= 4 is 17.2 Å². The summed E-state index contributed by atoms with van der Waals surface area (Å²) in [4.78, 5) is 15.9. The summed E-state index contributed by atoms with van der Waals surface area (Å²) >= 11 is 1.70. The van der Waals surface area contributed by atoms with Gasteiger partial charge >= 0.3 is 0 Å². The lowest BCUT2D eigenvalue weighted by atomic mass is 10.0. The van der Waals surface area contributed by atoms with Gasteiger partial charge in [0.25, 0.3) is 0 Å². The average molecular weight is 309 g/mol. The summed E-state index contributed by atoms with van der Waals surface area (Å²) in [6.45, 7) is 3.86. The van der Waals surface area contributed by atoms with E-state index in [0.29, 0.717) is 19.3 Å². The van der Waals surface area contributed by atoms with E-state index in [-0.39, 0.29) is 24.0 Å². The van der Waals surface area contributed by atoms with Crippen molar-refractivity contribution in [2.45, 2.75) is 43.9 Å². The molecule has 2 fully saturated rings. The summed E-state index contributed by atoms with van der Waals surface area (Å²) in [6.07, 6.45) is 2.20. The normalized spacial score (nSPS) is 26.3. The van der Waals surface area contributed by atoms with Crippen molar-refractivity contribution in [2.24, 2.45) is 5.73 Å². The summed E-state index contributed by atoms with van der Waals surface area (Å²) < 4.78 is 5.54. The van der Waals surface area contributed by atoms with Crippen molar-refractivity contribution < 1.29 is 9.53 Å². The fourth-order valence-electron chi connectivity index (χ4n) is 2.88. The van der Waals surface area contributed by atoms with Crippen LogP contribution in [0.25, 0.3) is 0 Å². The molecule has 1 aliphatic carbocycles. The molecule has 0 radical (unpaired) electrons. The van der Waals surface area contributed by atoms with Gasteiger partial charge < -0.3 is 15.8 Å². The zero-order valence-electron chi connectivity index (χ0n) is 12.3. The number of nitrogens with one attached hydrogen (secondary N) is 1. The highest BCUT2D eigenvalue weighted by Crippen LogP contribution is 2.31. The van der Waals surface area contributed by atoms with Crippen LogP contribution in [0.5, 0.6) is 0 Å². The van der Waals surface area contributed by atoms with E-state index in [9.17, 15) is 4.79 Å². The van der Waals surface area contributed by atoms with Crippen LogP contribution in [-0.2, 0) is 9.53 Å². The van der Waals surface area contributed by atoms with Gasteiger partial charge in [-0.25, -0.2) is 0 Å². The molecular formula is C15H23N3O2S. The van der Waals surface area contributed by atoms with E-state index < -0.39 is 0 Å². The highest BCUT2D eigenvalue weighted by Gasteiger charge is 2.38. The Hall–Kier alpha value is -0.950. The quantitative estimate of drug-likeness (QED) is 0.855.